The van der Waals surface area contributed by atoms with E-state index in [4.69, 9.17) is 4.74 Å². The summed E-state index contributed by atoms with van der Waals surface area (Å²) < 4.78 is 6.23. The average Bonchev–Trinajstić information content (AvgIpc) is 2.80. The van der Waals surface area contributed by atoms with Gasteiger partial charge in [-0.25, -0.2) is 0 Å². The van der Waals surface area contributed by atoms with Crippen LogP contribution in [0.25, 0.3) is 0 Å². The Morgan fingerprint density at radius 3 is 2.59 bits per heavy atom. The lowest BCUT2D eigenvalue weighted by atomic mass is 10.2. The predicted molar refractivity (Wildman–Crippen MR) is 106 cm³/mol. The van der Waals surface area contributed by atoms with Crippen LogP contribution < -0.4 is 0 Å². The lowest BCUT2D eigenvalue weighted by Crippen LogP contribution is -2.40. The minimum atomic E-state index is -0.00734. The second-order valence-corrected chi connectivity index (χ2v) is 7.64. The van der Waals surface area contributed by atoms with Gasteiger partial charge in [-0.05, 0) is 23.1 Å². The predicted octanol–water partition coefficient (Wildman–Crippen LogP) is 2.97. The van der Waals surface area contributed by atoms with Crippen LogP contribution in [0.1, 0.15) is 25.0 Å². The molecule has 1 fully saturated rings. The Morgan fingerprint density at radius 1 is 1.11 bits per heavy atom. The summed E-state index contributed by atoms with van der Waals surface area (Å²) in [5.41, 5.74) is 2.27. The molecule has 1 atom stereocenters. The summed E-state index contributed by atoms with van der Waals surface area (Å²) >= 11 is 0. The highest BCUT2D eigenvalue weighted by atomic mass is 16.5. The fourth-order valence-electron chi connectivity index (χ4n) is 3.43. The van der Waals surface area contributed by atoms with Gasteiger partial charge in [-0.3, -0.25) is 14.7 Å². The third-order valence-electron chi connectivity index (χ3n) is 4.64. The highest BCUT2D eigenvalue weighted by Gasteiger charge is 2.28. The number of carbonyl (C=O) groups is 1. The van der Waals surface area contributed by atoms with E-state index in [9.17, 15) is 4.79 Å². The van der Waals surface area contributed by atoms with Crippen molar-refractivity contribution >= 4 is 5.91 Å². The molecule has 3 rings (SSSR count). The first-order valence-corrected chi connectivity index (χ1v) is 9.64. The summed E-state index contributed by atoms with van der Waals surface area (Å²) in [4.78, 5) is 21.1. The number of nitrogens with zero attached hydrogens (tertiary/aromatic N) is 3. The first-order chi connectivity index (χ1) is 13.1. The standard InChI is InChI=1S/C22H29N3O2/c1-18(2)12-25-15-21(27-17-19-7-4-3-5-8-19)14-24(16-22(25)26)13-20-9-6-10-23-11-20/h3-11,18,21H,12-17H2,1-2H3. The van der Waals surface area contributed by atoms with Crippen LogP contribution in [0.15, 0.2) is 54.9 Å². The first-order valence-electron chi connectivity index (χ1n) is 9.64. The molecule has 1 aromatic carbocycles. The third kappa shape index (κ3) is 6.15. The first kappa shape index (κ1) is 19.5. The molecule has 0 spiro atoms. The molecule has 0 radical (unpaired) electrons. The van der Waals surface area contributed by atoms with E-state index in [1.807, 2.05) is 41.4 Å². The molecular weight excluding hydrogens is 338 g/mol. The van der Waals surface area contributed by atoms with Crippen molar-refractivity contribution in [3.8, 4) is 0 Å². The van der Waals surface area contributed by atoms with Gasteiger partial charge in [0, 0.05) is 38.6 Å². The molecule has 1 unspecified atom stereocenters. The Bertz CT molecular complexity index is 706. The molecule has 1 aliphatic heterocycles. The van der Waals surface area contributed by atoms with E-state index < -0.39 is 0 Å². The number of hydrogen-bond acceptors (Lipinski definition) is 4. The van der Waals surface area contributed by atoms with Crippen LogP contribution in [0.3, 0.4) is 0 Å². The molecule has 0 aliphatic carbocycles. The monoisotopic (exact) mass is 367 g/mol. The molecule has 2 heterocycles. The van der Waals surface area contributed by atoms with E-state index in [1.54, 1.807) is 6.20 Å². The summed E-state index contributed by atoms with van der Waals surface area (Å²) in [6, 6.07) is 14.2. The second-order valence-electron chi connectivity index (χ2n) is 7.64. The van der Waals surface area contributed by atoms with Crippen molar-refractivity contribution < 1.29 is 9.53 Å². The Balaban J connectivity index is 1.69. The van der Waals surface area contributed by atoms with E-state index in [-0.39, 0.29) is 12.0 Å². The van der Waals surface area contributed by atoms with Crippen LogP contribution in [0.4, 0.5) is 0 Å². The van der Waals surface area contributed by atoms with E-state index in [0.29, 0.717) is 32.2 Å². The molecule has 1 amide bonds. The van der Waals surface area contributed by atoms with Crippen molar-refractivity contribution in [1.82, 2.24) is 14.8 Å². The maximum Gasteiger partial charge on any atom is 0.236 e. The van der Waals surface area contributed by atoms with Crippen LogP contribution in [0.2, 0.25) is 0 Å². The lowest BCUT2D eigenvalue weighted by molar-refractivity contribution is -0.132. The largest absolute Gasteiger partial charge is 0.370 e. The quantitative estimate of drug-likeness (QED) is 0.755. The molecule has 1 saturated heterocycles. The molecule has 144 valence electrons. The van der Waals surface area contributed by atoms with Crippen LogP contribution in [0.5, 0.6) is 0 Å². The van der Waals surface area contributed by atoms with Gasteiger partial charge in [0.05, 0.1) is 19.3 Å². The topological polar surface area (TPSA) is 45.7 Å². The molecule has 0 N–H and O–H groups in total. The van der Waals surface area contributed by atoms with Crippen molar-refractivity contribution in [1.29, 1.82) is 0 Å². The number of amides is 1. The van der Waals surface area contributed by atoms with Gasteiger partial charge in [-0.15, -0.1) is 0 Å². The SMILES string of the molecule is CC(C)CN1CC(OCc2ccccc2)CN(Cc2cccnc2)CC1=O. The molecular formula is C22H29N3O2. The number of aromatic nitrogens is 1. The molecule has 1 aromatic heterocycles. The number of rotatable bonds is 7. The highest BCUT2D eigenvalue weighted by Crippen LogP contribution is 2.15. The molecule has 1 aliphatic rings. The van der Waals surface area contributed by atoms with Crippen LogP contribution in [-0.4, -0.2) is 53.0 Å². The third-order valence-corrected chi connectivity index (χ3v) is 4.64. The van der Waals surface area contributed by atoms with Gasteiger partial charge in [0.2, 0.25) is 5.91 Å². The normalized spacial score (nSPS) is 18.7. The van der Waals surface area contributed by atoms with Gasteiger partial charge >= 0.3 is 0 Å². The average molecular weight is 367 g/mol. The van der Waals surface area contributed by atoms with Gasteiger partial charge < -0.3 is 9.64 Å². The maximum atomic E-state index is 12.8. The van der Waals surface area contributed by atoms with E-state index >= 15 is 0 Å². The van der Waals surface area contributed by atoms with Crippen molar-refractivity contribution in [2.75, 3.05) is 26.2 Å². The summed E-state index contributed by atoms with van der Waals surface area (Å²) in [6.45, 7) is 8.14. The van der Waals surface area contributed by atoms with Crippen LogP contribution in [0, 0.1) is 5.92 Å². The Labute approximate surface area is 162 Å². The minimum Gasteiger partial charge on any atom is -0.370 e. The van der Waals surface area contributed by atoms with E-state index in [2.05, 4.69) is 35.9 Å². The molecule has 27 heavy (non-hydrogen) atoms. The zero-order valence-electron chi connectivity index (χ0n) is 16.3. The molecule has 5 nitrogen and oxygen atoms in total. The van der Waals surface area contributed by atoms with Crippen molar-refractivity contribution in [2.24, 2.45) is 5.92 Å². The van der Waals surface area contributed by atoms with Gasteiger partial charge in [-0.2, -0.15) is 0 Å². The van der Waals surface area contributed by atoms with Gasteiger partial charge in [-0.1, -0.05) is 50.2 Å². The number of ether oxygens (including phenoxy) is 1. The zero-order valence-corrected chi connectivity index (χ0v) is 16.3. The summed E-state index contributed by atoms with van der Waals surface area (Å²) in [7, 11) is 0. The number of hydrogen-bond donors (Lipinski definition) is 0. The number of pyridine rings is 1. The lowest BCUT2D eigenvalue weighted by Gasteiger charge is -2.26. The molecule has 0 bridgehead atoms. The summed E-state index contributed by atoms with van der Waals surface area (Å²) in [5.74, 6) is 0.618. The molecule has 0 saturated carbocycles. The second kappa shape index (κ2) is 9.62. The van der Waals surface area contributed by atoms with Crippen molar-refractivity contribution in [2.45, 2.75) is 33.1 Å². The summed E-state index contributed by atoms with van der Waals surface area (Å²) in [5, 5.41) is 0. The van der Waals surface area contributed by atoms with Gasteiger partial charge in [0.15, 0.2) is 0 Å². The fourth-order valence-corrected chi connectivity index (χ4v) is 3.43. The highest BCUT2D eigenvalue weighted by molar-refractivity contribution is 5.78. The zero-order chi connectivity index (χ0) is 19.1. The Hall–Kier alpha value is -2.24. The van der Waals surface area contributed by atoms with Crippen molar-refractivity contribution in [3.05, 3.63) is 66.0 Å². The number of carbonyl (C=O) groups excluding carboxylic acids is 1. The summed E-state index contributed by atoms with van der Waals surface area (Å²) in [6.07, 6.45) is 3.63. The fraction of sp³-hybridized carbons (Fsp3) is 0.455. The molecule has 5 heteroatoms. The smallest absolute Gasteiger partial charge is 0.236 e. The maximum absolute atomic E-state index is 12.8. The van der Waals surface area contributed by atoms with Crippen LogP contribution >= 0.6 is 0 Å². The van der Waals surface area contributed by atoms with Crippen LogP contribution in [-0.2, 0) is 22.7 Å². The van der Waals surface area contributed by atoms with E-state index in [0.717, 1.165) is 24.2 Å². The Morgan fingerprint density at radius 2 is 1.89 bits per heavy atom. The van der Waals surface area contributed by atoms with Gasteiger partial charge in [0.25, 0.3) is 0 Å². The van der Waals surface area contributed by atoms with E-state index in [1.165, 1.54) is 0 Å². The van der Waals surface area contributed by atoms with Gasteiger partial charge in [0.1, 0.15) is 0 Å². The molecule has 2 aromatic rings. The number of benzene rings is 1. The minimum absolute atomic E-state index is 0.00734. The van der Waals surface area contributed by atoms with Crippen molar-refractivity contribution in [3.63, 3.8) is 0 Å². The Kier molecular flexibility index (Phi) is 6.96.